The summed E-state index contributed by atoms with van der Waals surface area (Å²) < 4.78 is 0. The van der Waals surface area contributed by atoms with Crippen molar-refractivity contribution in [3.05, 3.63) is 40.7 Å². The summed E-state index contributed by atoms with van der Waals surface area (Å²) >= 11 is 1.67. The van der Waals surface area contributed by atoms with Crippen LogP contribution in [0, 0.1) is 12.3 Å². The molecule has 2 nitrogen and oxygen atoms in total. The van der Waals surface area contributed by atoms with E-state index in [1.165, 1.54) is 0 Å². The van der Waals surface area contributed by atoms with Gasteiger partial charge in [0.15, 0.2) is 0 Å². The van der Waals surface area contributed by atoms with E-state index < -0.39 is 0 Å². The van der Waals surface area contributed by atoms with E-state index in [4.69, 9.17) is 6.42 Å². The van der Waals surface area contributed by atoms with Crippen LogP contribution in [-0.4, -0.2) is 11.0 Å². The Morgan fingerprint density at radius 1 is 1.37 bits per heavy atom. The zero-order chi connectivity index (χ0) is 13.5. The molecule has 19 heavy (non-hydrogen) atoms. The second-order valence-corrected chi connectivity index (χ2v) is 5.32. The highest BCUT2D eigenvalue weighted by Crippen LogP contribution is 2.21. The maximum Gasteiger partial charge on any atom is 0.107 e. The maximum atomic E-state index is 5.49. The molecule has 0 amide bonds. The van der Waals surface area contributed by atoms with E-state index in [1.54, 1.807) is 11.3 Å². The zero-order valence-electron chi connectivity index (χ0n) is 11.1. The Labute approximate surface area is 118 Å². The van der Waals surface area contributed by atoms with Crippen molar-refractivity contribution in [2.45, 2.75) is 32.4 Å². The van der Waals surface area contributed by atoms with Crippen LogP contribution in [-0.2, 0) is 6.54 Å². The molecule has 0 saturated carbocycles. The predicted molar refractivity (Wildman–Crippen MR) is 81.9 cm³/mol. The first-order valence-electron chi connectivity index (χ1n) is 6.52. The lowest BCUT2D eigenvalue weighted by Gasteiger charge is -2.09. The van der Waals surface area contributed by atoms with Gasteiger partial charge in [0.2, 0.25) is 0 Å². The van der Waals surface area contributed by atoms with Crippen LogP contribution in [0.1, 0.15) is 24.8 Å². The molecule has 1 atom stereocenters. The van der Waals surface area contributed by atoms with Crippen LogP contribution in [0.15, 0.2) is 35.7 Å². The second kappa shape index (κ2) is 7.08. The molecule has 0 fully saturated rings. The van der Waals surface area contributed by atoms with Crippen LogP contribution in [0.25, 0.3) is 11.3 Å². The standard InChI is InChI=1S/C16H18N2S/c1-3-8-14(4-2)17-11-16-18-15(12-19-16)13-9-6-5-7-10-13/h2,5-7,9-10,12,14,17H,3,8,11H2,1H3. The summed E-state index contributed by atoms with van der Waals surface area (Å²) in [7, 11) is 0. The number of thiazole rings is 1. The number of nitrogens with zero attached hydrogens (tertiary/aromatic N) is 1. The summed E-state index contributed by atoms with van der Waals surface area (Å²) in [6, 6.07) is 10.4. The third-order valence-corrected chi connectivity index (χ3v) is 3.75. The topological polar surface area (TPSA) is 24.9 Å². The van der Waals surface area contributed by atoms with Crippen molar-refractivity contribution < 1.29 is 0 Å². The van der Waals surface area contributed by atoms with E-state index in [9.17, 15) is 0 Å². The molecule has 1 aromatic carbocycles. The number of terminal acetylenes is 1. The number of rotatable bonds is 6. The molecule has 0 saturated heterocycles. The zero-order valence-corrected chi connectivity index (χ0v) is 11.9. The predicted octanol–water partition coefficient (Wildman–Crippen LogP) is 3.70. The molecule has 1 aromatic heterocycles. The second-order valence-electron chi connectivity index (χ2n) is 4.38. The average Bonchev–Trinajstić information content (AvgIpc) is 2.93. The number of aromatic nitrogens is 1. The molecule has 0 spiro atoms. The summed E-state index contributed by atoms with van der Waals surface area (Å²) in [5.41, 5.74) is 2.20. The summed E-state index contributed by atoms with van der Waals surface area (Å²) in [5.74, 6) is 2.78. The van der Waals surface area contributed by atoms with Gasteiger partial charge >= 0.3 is 0 Å². The normalized spacial score (nSPS) is 12.0. The largest absolute Gasteiger partial charge is 0.297 e. The molecule has 1 heterocycles. The van der Waals surface area contributed by atoms with Gasteiger partial charge in [-0.05, 0) is 6.42 Å². The first-order chi connectivity index (χ1) is 9.33. The van der Waals surface area contributed by atoms with E-state index in [0.29, 0.717) is 0 Å². The third kappa shape index (κ3) is 3.92. The smallest absolute Gasteiger partial charge is 0.107 e. The molecule has 0 aliphatic heterocycles. The van der Waals surface area contributed by atoms with Crippen molar-refractivity contribution in [2.75, 3.05) is 0 Å². The number of hydrogen-bond donors (Lipinski definition) is 1. The lowest BCUT2D eigenvalue weighted by atomic mass is 10.2. The van der Waals surface area contributed by atoms with Gasteiger partial charge in [-0.15, -0.1) is 17.8 Å². The van der Waals surface area contributed by atoms with Crippen LogP contribution in [0.4, 0.5) is 0 Å². The lowest BCUT2D eigenvalue weighted by molar-refractivity contribution is 0.562. The van der Waals surface area contributed by atoms with E-state index in [0.717, 1.165) is 35.7 Å². The number of nitrogens with one attached hydrogen (secondary N) is 1. The fraction of sp³-hybridized carbons (Fsp3) is 0.312. The average molecular weight is 270 g/mol. The van der Waals surface area contributed by atoms with Crippen molar-refractivity contribution in [2.24, 2.45) is 0 Å². The van der Waals surface area contributed by atoms with Crippen molar-refractivity contribution in [3.63, 3.8) is 0 Å². The van der Waals surface area contributed by atoms with Gasteiger partial charge in [0.25, 0.3) is 0 Å². The fourth-order valence-electron chi connectivity index (χ4n) is 1.88. The minimum Gasteiger partial charge on any atom is -0.297 e. The summed E-state index contributed by atoms with van der Waals surface area (Å²) in [6.07, 6.45) is 7.59. The van der Waals surface area contributed by atoms with Gasteiger partial charge in [0.1, 0.15) is 5.01 Å². The van der Waals surface area contributed by atoms with E-state index >= 15 is 0 Å². The summed E-state index contributed by atoms with van der Waals surface area (Å²) in [6.45, 7) is 2.88. The Bertz CT molecular complexity index is 539. The van der Waals surface area contributed by atoms with Crippen LogP contribution < -0.4 is 5.32 Å². The van der Waals surface area contributed by atoms with E-state index in [-0.39, 0.29) is 6.04 Å². The molecule has 2 rings (SSSR count). The number of hydrogen-bond acceptors (Lipinski definition) is 3. The van der Waals surface area contributed by atoms with Gasteiger partial charge < -0.3 is 0 Å². The van der Waals surface area contributed by atoms with Crippen LogP contribution in [0.2, 0.25) is 0 Å². The monoisotopic (exact) mass is 270 g/mol. The van der Waals surface area contributed by atoms with Gasteiger partial charge in [0, 0.05) is 17.5 Å². The Morgan fingerprint density at radius 3 is 2.84 bits per heavy atom. The van der Waals surface area contributed by atoms with Crippen LogP contribution in [0.3, 0.4) is 0 Å². The molecule has 0 aliphatic carbocycles. The SMILES string of the molecule is C#CC(CCC)NCc1nc(-c2ccccc2)cs1. The molecule has 1 unspecified atom stereocenters. The maximum absolute atomic E-state index is 5.49. The van der Waals surface area contributed by atoms with Gasteiger partial charge in [0.05, 0.1) is 11.7 Å². The minimum absolute atomic E-state index is 0.147. The molecule has 1 N–H and O–H groups in total. The van der Waals surface area contributed by atoms with E-state index in [2.05, 4.69) is 40.7 Å². The van der Waals surface area contributed by atoms with Crippen LogP contribution in [0.5, 0.6) is 0 Å². The molecule has 0 radical (unpaired) electrons. The fourth-order valence-corrected chi connectivity index (χ4v) is 2.63. The molecule has 3 heteroatoms. The molecular formula is C16H18N2S. The summed E-state index contributed by atoms with van der Waals surface area (Å²) in [5, 5.41) is 6.54. The Hall–Kier alpha value is -1.63. The van der Waals surface area contributed by atoms with Crippen molar-refractivity contribution in [1.29, 1.82) is 0 Å². The van der Waals surface area contributed by atoms with Crippen molar-refractivity contribution >= 4 is 11.3 Å². The lowest BCUT2D eigenvalue weighted by Crippen LogP contribution is -2.26. The first kappa shape index (κ1) is 13.8. The van der Waals surface area contributed by atoms with E-state index in [1.807, 2.05) is 18.2 Å². The van der Waals surface area contributed by atoms with Crippen molar-refractivity contribution in [3.8, 4) is 23.6 Å². The van der Waals surface area contributed by atoms with Gasteiger partial charge in [-0.25, -0.2) is 4.98 Å². The third-order valence-electron chi connectivity index (χ3n) is 2.90. The Balaban J connectivity index is 1.97. The number of benzene rings is 1. The molecule has 0 bridgehead atoms. The minimum atomic E-state index is 0.147. The highest BCUT2D eigenvalue weighted by molar-refractivity contribution is 7.09. The highest BCUT2D eigenvalue weighted by Gasteiger charge is 2.07. The Kier molecular flexibility index (Phi) is 5.14. The summed E-state index contributed by atoms with van der Waals surface area (Å²) in [4.78, 5) is 4.63. The Morgan fingerprint density at radius 2 is 2.16 bits per heavy atom. The first-order valence-corrected chi connectivity index (χ1v) is 7.40. The highest BCUT2D eigenvalue weighted by atomic mass is 32.1. The molecule has 2 aromatic rings. The van der Waals surface area contributed by atoms with Gasteiger partial charge in [-0.2, -0.15) is 0 Å². The molecule has 98 valence electrons. The van der Waals surface area contributed by atoms with Gasteiger partial charge in [-0.3, -0.25) is 5.32 Å². The van der Waals surface area contributed by atoms with Crippen LogP contribution >= 0.6 is 11.3 Å². The molecular weight excluding hydrogens is 252 g/mol. The quantitative estimate of drug-likeness (QED) is 0.810. The molecule has 0 aliphatic rings. The van der Waals surface area contributed by atoms with Crippen molar-refractivity contribution in [1.82, 2.24) is 10.3 Å². The van der Waals surface area contributed by atoms with Gasteiger partial charge in [-0.1, -0.05) is 49.6 Å².